The number of morpholine rings is 1. The van der Waals surface area contributed by atoms with Crippen molar-refractivity contribution < 1.29 is 9.53 Å². The number of nitrogens with zero attached hydrogens (tertiary/aromatic N) is 5. The highest BCUT2D eigenvalue weighted by Crippen LogP contribution is 2.24. The topological polar surface area (TPSA) is 87.2 Å². The number of carbonyl (C=O) groups excluding carboxylic acids is 1. The Kier molecular flexibility index (Phi) is 4.26. The van der Waals surface area contributed by atoms with Gasteiger partial charge in [0.15, 0.2) is 0 Å². The van der Waals surface area contributed by atoms with E-state index in [0.29, 0.717) is 31.2 Å². The third-order valence-corrected chi connectivity index (χ3v) is 4.46. The first-order valence-electron chi connectivity index (χ1n) is 8.47. The lowest BCUT2D eigenvalue weighted by Gasteiger charge is -2.33. The van der Waals surface area contributed by atoms with Crippen molar-refractivity contribution in [2.45, 2.75) is 6.10 Å². The van der Waals surface area contributed by atoms with Crippen LogP contribution >= 0.6 is 0 Å². The predicted octanol–water partition coefficient (Wildman–Crippen LogP) is 1.63. The van der Waals surface area contributed by atoms with Crippen molar-refractivity contribution in [2.75, 3.05) is 38.7 Å². The van der Waals surface area contributed by atoms with Crippen molar-refractivity contribution in [1.82, 2.24) is 25.1 Å². The van der Waals surface area contributed by atoms with E-state index in [2.05, 4.69) is 20.2 Å². The molecule has 0 bridgehead atoms. The summed E-state index contributed by atoms with van der Waals surface area (Å²) in [5.41, 5.74) is 2.28. The van der Waals surface area contributed by atoms with E-state index in [4.69, 9.17) is 4.74 Å². The van der Waals surface area contributed by atoms with Crippen molar-refractivity contribution in [3.05, 3.63) is 47.9 Å². The zero-order valence-electron chi connectivity index (χ0n) is 14.7. The Balaban J connectivity index is 1.58. The summed E-state index contributed by atoms with van der Waals surface area (Å²) in [5, 5.41) is 7.77. The average molecular weight is 352 g/mol. The van der Waals surface area contributed by atoms with E-state index >= 15 is 0 Å². The van der Waals surface area contributed by atoms with Gasteiger partial charge in [0.2, 0.25) is 5.95 Å². The maximum absolute atomic E-state index is 13.1. The van der Waals surface area contributed by atoms with Crippen LogP contribution in [0.4, 0.5) is 5.95 Å². The molecule has 3 heterocycles. The Morgan fingerprint density at radius 3 is 3.08 bits per heavy atom. The predicted molar refractivity (Wildman–Crippen MR) is 97.0 cm³/mol. The SMILES string of the molecule is CN(C)c1nccc(C2CN(C(=O)c3cccc4[nH]ncc34)CCO2)n1. The highest BCUT2D eigenvalue weighted by Gasteiger charge is 2.28. The molecule has 1 amide bonds. The summed E-state index contributed by atoms with van der Waals surface area (Å²) in [7, 11) is 3.78. The zero-order valence-corrected chi connectivity index (χ0v) is 14.7. The van der Waals surface area contributed by atoms with Gasteiger partial charge in [0.05, 0.1) is 36.1 Å². The number of benzene rings is 1. The standard InChI is InChI=1S/C18H20N6O2/c1-23(2)18-19-7-6-15(21-18)16-11-24(8-9-26-16)17(25)12-4-3-5-14-13(12)10-20-22-14/h3-7,10,16H,8-9,11H2,1-2H3,(H,20,22). The van der Waals surface area contributed by atoms with Crippen LogP contribution in [-0.2, 0) is 4.74 Å². The molecule has 4 rings (SSSR count). The van der Waals surface area contributed by atoms with Crippen molar-refractivity contribution >= 4 is 22.8 Å². The van der Waals surface area contributed by atoms with Gasteiger partial charge in [0.25, 0.3) is 5.91 Å². The molecule has 8 nitrogen and oxygen atoms in total. The number of aromatic amines is 1. The molecule has 0 radical (unpaired) electrons. The number of fused-ring (bicyclic) bond motifs is 1. The summed E-state index contributed by atoms with van der Waals surface area (Å²) < 4.78 is 5.87. The quantitative estimate of drug-likeness (QED) is 0.771. The van der Waals surface area contributed by atoms with Gasteiger partial charge in [-0.2, -0.15) is 5.10 Å². The first kappa shape index (κ1) is 16.5. The molecule has 0 saturated carbocycles. The van der Waals surface area contributed by atoms with Crippen LogP contribution in [0.5, 0.6) is 0 Å². The summed E-state index contributed by atoms with van der Waals surface area (Å²) in [4.78, 5) is 25.5. The number of aromatic nitrogens is 4. The fourth-order valence-electron chi connectivity index (χ4n) is 3.09. The number of hydrogen-bond acceptors (Lipinski definition) is 6. The third-order valence-electron chi connectivity index (χ3n) is 4.46. The number of ether oxygens (including phenoxy) is 1. The molecule has 1 aliphatic rings. The maximum atomic E-state index is 13.1. The van der Waals surface area contributed by atoms with Gasteiger partial charge < -0.3 is 14.5 Å². The highest BCUT2D eigenvalue weighted by molar-refractivity contribution is 6.06. The Bertz CT molecular complexity index is 938. The molecule has 3 aromatic rings. The molecule has 1 fully saturated rings. The number of hydrogen-bond donors (Lipinski definition) is 1. The molecular formula is C18H20N6O2. The Labute approximate surface area is 150 Å². The lowest BCUT2D eigenvalue weighted by molar-refractivity contribution is -0.0246. The molecule has 1 atom stereocenters. The lowest BCUT2D eigenvalue weighted by atomic mass is 10.1. The van der Waals surface area contributed by atoms with Gasteiger partial charge in [0.1, 0.15) is 6.10 Å². The molecule has 134 valence electrons. The van der Waals surface area contributed by atoms with Gasteiger partial charge in [0, 0.05) is 32.2 Å². The van der Waals surface area contributed by atoms with Crippen molar-refractivity contribution in [2.24, 2.45) is 0 Å². The molecule has 1 unspecified atom stereocenters. The van der Waals surface area contributed by atoms with Crippen LogP contribution in [-0.4, -0.2) is 64.8 Å². The minimum absolute atomic E-state index is 0.0211. The van der Waals surface area contributed by atoms with Crippen LogP contribution in [0.1, 0.15) is 22.2 Å². The van der Waals surface area contributed by atoms with Crippen molar-refractivity contribution in [1.29, 1.82) is 0 Å². The molecular weight excluding hydrogens is 332 g/mol. The molecule has 2 aromatic heterocycles. The third kappa shape index (κ3) is 2.99. The van der Waals surface area contributed by atoms with E-state index in [1.165, 1.54) is 0 Å². The van der Waals surface area contributed by atoms with E-state index in [1.54, 1.807) is 12.4 Å². The second-order valence-corrected chi connectivity index (χ2v) is 6.42. The normalized spacial score (nSPS) is 17.5. The van der Waals surface area contributed by atoms with Gasteiger partial charge in [-0.3, -0.25) is 9.89 Å². The first-order valence-corrected chi connectivity index (χ1v) is 8.47. The molecule has 1 aromatic carbocycles. The summed E-state index contributed by atoms with van der Waals surface area (Å²) >= 11 is 0. The summed E-state index contributed by atoms with van der Waals surface area (Å²) in [6.07, 6.45) is 3.14. The van der Waals surface area contributed by atoms with E-state index in [1.807, 2.05) is 48.2 Å². The lowest BCUT2D eigenvalue weighted by Crippen LogP contribution is -2.42. The Morgan fingerprint density at radius 2 is 2.23 bits per heavy atom. The minimum atomic E-state index is -0.266. The van der Waals surface area contributed by atoms with Crippen LogP contribution in [0.25, 0.3) is 10.9 Å². The number of amides is 1. The van der Waals surface area contributed by atoms with Crippen LogP contribution < -0.4 is 4.90 Å². The number of nitrogens with one attached hydrogen (secondary N) is 1. The van der Waals surface area contributed by atoms with Crippen LogP contribution in [0.15, 0.2) is 36.7 Å². The average Bonchev–Trinajstić information content (AvgIpc) is 3.16. The number of rotatable bonds is 3. The van der Waals surface area contributed by atoms with Gasteiger partial charge in [-0.1, -0.05) is 6.07 Å². The summed E-state index contributed by atoms with van der Waals surface area (Å²) in [5.74, 6) is 0.602. The second kappa shape index (κ2) is 6.72. The van der Waals surface area contributed by atoms with E-state index in [0.717, 1.165) is 16.6 Å². The van der Waals surface area contributed by atoms with Crippen molar-refractivity contribution in [3.8, 4) is 0 Å². The van der Waals surface area contributed by atoms with E-state index < -0.39 is 0 Å². The zero-order chi connectivity index (χ0) is 18.1. The molecule has 0 aliphatic carbocycles. The number of carbonyl (C=O) groups is 1. The van der Waals surface area contributed by atoms with E-state index in [-0.39, 0.29) is 12.0 Å². The first-order chi connectivity index (χ1) is 12.6. The van der Waals surface area contributed by atoms with Crippen LogP contribution in [0, 0.1) is 0 Å². The van der Waals surface area contributed by atoms with Gasteiger partial charge >= 0.3 is 0 Å². The fourth-order valence-corrected chi connectivity index (χ4v) is 3.09. The maximum Gasteiger partial charge on any atom is 0.254 e. The second-order valence-electron chi connectivity index (χ2n) is 6.42. The van der Waals surface area contributed by atoms with Gasteiger partial charge in [-0.15, -0.1) is 0 Å². The molecule has 1 N–H and O–H groups in total. The van der Waals surface area contributed by atoms with Gasteiger partial charge in [-0.05, 0) is 18.2 Å². The van der Waals surface area contributed by atoms with E-state index in [9.17, 15) is 4.79 Å². The number of H-pyrrole nitrogens is 1. The Hall–Kier alpha value is -3.00. The number of anilines is 1. The Morgan fingerprint density at radius 1 is 1.35 bits per heavy atom. The summed E-state index contributed by atoms with van der Waals surface area (Å²) in [6, 6.07) is 7.44. The fraction of sp³-hybridized carbons (Fsp3) is 0.333. The monoisotopic (exact) mass is 352 g/mol. The molecule has 1 aliphatic heterocycles. The smallest absolute Gasteiger partial charge is 0.254 e. The molecule has 26 heavy (non-hydrogen) atoms. The molecule has 8 heteroatoms. The van der Waals surface area contributed by atoms with Crippen LogP contribution in [0.3, 0.4) is 0 Å². The van der Waals surface area contributed by atoms with Crippen molar-refractivity contribution in [3.63, 3.8) is 0 Å². The highest BCUT2D eigenvalue weighted by atomic mass is 16.5. The summed E-state index contributed by atoms with van der Waals surface area (Å²) in [6.45, 7) is 1.48. The largest absolute Gasteiger partial charge is 0.368 e. The van der Waals surface area contributed by atoms with Gasteiger partial charge in [-0.25, -0.2) is 9.97 Å². The molecule has 0 spiro atoms. The molecule has 1 saturated heterocycles. The van der Waals surface area contributed by atoms with Crippen LogP contribution in [0.2, 0.25) is 0 Å². The minimum Gasteiger partial charge on any atom is -0.368 e.